The van der Waals surface area contributed by atoms with Gasteiger partial charge in [-0.15, -0.1) is 11.3 Å². The molecule has 0 aliphatic carbocycles. The fraction of sp³-hybridized carbons (Fsp3) is 0.500. The average molecular weight is 210 g/mol. The van der Waals surface area contributed by atoms with Crippen LogP contribution in [0.3, 0.4) is 0 Å². The minimum absolute atomic E-state index is 0.528. The number of nitrogens with zero attached hydrogens (tertiary/aromatic N) is 1. The van der Waals surface area contributed by atoms with Crippen LogP contribution < -0.4 is 5.48 Å². The predicted molar refractivity (Wildman–Crippen MR) is 56.7 cm³/mol. The van der Waals surface area contributed by atoms with Gasteiger partial charge in [-0.2, -0.15) is 10.7 Å². The number of nitrogens with one attached hydrogen (secondary N) is 1. The lowest BCUT2D eigenvalue weighted by Crippen LogP contribution is -2.16. The van der Waals surface area contributed by atoms with Gasteiger partial charge < -0.3 is 4.84 Å². The van der Waals surface area contributed by atoms with Crippen LogP contribution in [0.5, 0.6) is 0 Å². The molecule has 14 heavy (non-hydrogen) atoms. The molecule has 0 spiro atoms. The minimum Gasteiger partial charge on any atom is -0.301 e. The van der Waals surface area contributed by atoms with Crippen molar-refractivity contribution in [2.45, 2.75) is 20.4 Å². The zero-order valence-corrected chi connectivity index (χ0v) is 9.23. The summed E-state index contributed by atoms with van der Waals surface area (Å²) in [5, 5.41) is 8.60. The summed E-state index contributed by atoms with van der Waals surface area (Å²) in [6.45, 7) is 5.57. The van der Waals surface area contributed by atoms with Crippen LogP contribution in [0, 0.1) is 17.2 Å². The lowest BCUT2D eigenvalue weighted by molar-refractivity contribution is 0.0201. The van der Waals surface area contributed by atoms with Crippen molar-refractivity contribution in [1.82, 2.24) is 5.48 Å². The van der Waals surface area contributed by atoms with Crippen molar-refractivity contribution in [2.75, 3.05) is 6.61 Å². The fourth-order valence-corrected chi connectivity index (χ4v) is 1.61. The number of hydroxylamine groups is 1. The van der Waals surface area contributed by atoms with Crippen molar-refractivity contribution in [3.8, 4) is 6.07 Å². The van der Waals surface area contributed by atoms with Gasteiger partial charge >= 0.3 is 0 Å². The third kappa shape index (κ3) is 3.88. The first kappa shape index (κ1) is 11.2. The molecule has 0 saturated heterocycles. The summed E-state index contributed by atoms with van der Waals surface area (Å²) in [6, 6.07) is 5.87. The second-order valence-corrected chi connectivity index (χ2v) is 4.57. The van der Waals surface area contributed by atoms with Crippen molar-refractivity contribution in [3.63, 3.8) is 0 Å². The second kappa shape index (κ2) is 5.76. The molecule has 0 amide bonds. The lowest BCUT2D eigenvalue weighted by atomic mass is 10.2. The van der Waals surface area contributed by atoms with E-state index in [-0.39, 0.29) is 0 Å². The summed E-state index contributed by atoms with van der Waals surface area (Å²) < 4.78 is 0. The van der Waals surface area contributed by atoms with Gasteiger partial charge in [0.2, 0.25) is 0 Å². The molecule has 0 aliphatic rings. The van der Waals surface area contributed by atoms with Crippen molar-refractivity contribution >= 4 is 11.3 Å². The van der Waals surface area contributed by atoms with Crippen LogP contribution in [0.15, 0.2) is 12.1 Å². The summed E-state index contributed by atoms with van der Waals surface area (Å²) in [7, 11) is 0. The van der Waals surface area contributed by atoms with Gasteiger partial charge in [0.25, 0.3) is 0 Å². The summed E-state index contributed by atoms with van der Waals surface area (Å²) >= 11 is 1.49. The molecule has 1 rings (SSSR count). The van der Waals surface area contributed by atoms with Crippen LogP contribution in [-0.4, -0.2) is 6.61 Å². The molecular weight excluding hydrogens is 196 g/mol. The molecule has 0 aromatic carbocycles. The van der Waals surface area contributed by atoms with E-state index in [0.29, 0.717) is 19.1 Å². The normalized spacial score (nSPS) is 10.4. The summed E-state index contributed by atoms with van der Waals surface area (Å²) in [5.41, 5.74) is 2.87. The molecule has 1 heterocycles. The standard InChI is InChI=1S/C10H14N2OS/c1-8(2)7-13-12-6-10-4-3-9(5-11)14-10/h3-4,8,12H,6-7H2,1-2H3. The van der Waals surface area contributed by atoms with Crippen molar-refractivity contribution in [3.05, 3.63) is 21.9 Å². The average Bonchev–Trinajstić information content (AvgIpc) is 2.60. The maximum atomic E-state index is 8.60. The highest BCUT2D eigenvalue weighted by molar-refractivity contribution is 7.12. The highest BCUT2D eigenvalue weighted by atomic mass is 32.1. The molecule has 0 unspecified atom stereocenters. The molecule has 0 aliphatic heterocycles. The Kier molecular flexibility index (Phi) is 4.60. The molecule has 3 nitrogen and oxygen atoms in total. The second-order valence-electron chi connectivity index (χ2n) is 3.40. The predicted octanol–water partition coefficient (Wildman–Crippen LogP) is 2.30. The van der Waals surface area contributed by atoms with E-state index >= 15 is 0 Å². The number of rotatable bonds is 5. The smallest absolute Gasteiger partial charge is 0.110 e. The Morgan fingerprint density at radius 1 is 1.57 bits per heavy atom. The molecule has 0 saturated carbocycles. The zero-order chi connectivity index (χ0) is 10.4. The van der Waals surface area contributed by atoms with E-state index < -0.39 is 0 Å². The van der Waals surface area contributed by atoms with Crippen LogP contribution in [0.4, 0.5) is 0 Å². The van der Waals surface area contributed by atoms with E-state index in [1.54, 1.807) is 0 Å². The topological polar surface area (TPSA) is 45.0 Å². The van der Waals surface area contributed by atoms with Gasteiger partial charge in [0.05, 0.1) is 13.2 Å². The molecule has 76 valence electrons. The lowest BCUT2D eigenvalue weighted by Gasteiger charge is -2.06. The summed E-state index contributed by atoms with van der Waals surface area (Å²) in [6.07, 6.45) is 0. The van der Waals surface area contributed by atoms with E-state index in [1.807, 2.05) is 12.1 Å². The number of nitriles is 1. The maximum absolute atomic E-state index is 8.60. The Morgan fingerprint density at radius 3 is 2.93 bits per heavy atom. The number of hydrogen-bond acceptors (Lipinski definition) is 4. The van der Waals surface area contributed by atoms with Gasteiger partial charge in [0.15, 0.2) is 0 Å². The van der Waals surface area contributed by atoms with Gasteiger partial charge in [0.1, 0.15) is 10.9 Å². The molecule has 1 N–H and O–H groups in total. The molecule has 1 aromatic rings. The Labute approximate surface area is 88.3 Å². The molecule has 0 radical (unpaired) electrons. The Balaban J connectivity index is 2.22. The van der Waals surface area contributed by atoms with Crippen LogP contribution in [-0.2, 0) is 11.4 Å². The van der Waals surface area contributed by atoms with Crippen molar-refractivity contribution < 1.29 is 4.84 Å². The van der Waals surface area contributed by atoms with Gasteiger partial charge in [-0.3, -0.25) is 0 Å². The van der Waals surface area contributed by atoms with Crippen LogP contribution in [0.1, 0.15) is 23.6 Å². The highest BCUT2D eigenvalue weighted by Gasteiger charge is 1.99. The quantitative estimate of drug-likeness (QED) is 0.599. The minimum atomic E-state index is 0.528. The van der Waals surface area contributed by atoms with Crippen LogP contribution in [0.2, 0.25) is 0 Å². The highest BCUT2D eigenvalue weighted by Crippen LogP contribution is 2.14. The monoisotopic (exact) mass is 210 g/mol. The maximum Gasteiger partial charge on any atom is 0.110 e. The largest absolute Gasteiger partial charge is 0.301 e. The van der Waals surface area contributed by atoms with E-state index in [2.05, 4.69) is 25.4 Å². The fourth-order valence-electron chi connectivity index (χ4n) is 0.881. The molecule has 1 aromatic heterocycles. The third-order valence-corrected chi connectivity index (χ3v) is 2.53. The molecule has 0 bridgehead atoms. The summed E-state index contributed by atoms with van der Waals surface area (Å²) in [4.78, 5) is 7.07. The van der Waals surface area contributed by atoms with Crippen LogP contribution in [0.25, 0.3) is 0 Å². The van der Waals surface area contributed by atoms with E-state index in [0.717, 1.165) is 9.75 Å². The van der Waals surface area contributed by atoms with E-state index in [9.17, 15) is 0 Å². The molecule has 0 atom stereocenters. The zero-order valence-electron chi connectivity index (χ0n) is 8.41. The molecule has 0 fully saturated rings. The van der Waals surface area contributed by atoms with Gasteiger partial charge in [-0.05, 0) is 18.1 Å². The first-order valence-electron chi connectivity index (χ1n) is 4.56. The first-order chi connectivity index (χ1) is 6.72. The van der Waals surface area contributed by atoms with Gasteiger partial charge in [0, 0.05) is 4.88 Å². The third-order valence-electron chi connectivity index (χ3n) is 1.54. The SMILES string of the molecule is CC(C)CONCc1ccc(C#N)s1. The Morgan fingerprint density at radius 2 is 2.36 bits per heavy atom. The molecular formula is C10H14N2OS. The van der Waals surface area contributed by atoms with Crippen LogP contribution >= 0.6 is 11.3 Å². The van der Waals surface area contributed by atoms with Crippen molar-refractivity contribution in [1.29, 1.82) is 5.26 Å². The molecule has 4 heteroatoms. The van der Waals surface area contributed by atoms with Gasteiger partial charge in [-0.25, -0.2) is 0 Å². The Bertz CT molecular complexity index is 314. The van der Waals surface area contributed by atoms with E-state index in [1.165, 1.54) is 11.3 Å². The van der Waals surface area contributed by atoms with E-state index in [4.69, 9.17) is 10.1 Å². The Hall–Kier alpha value is -0.890. The summed E-state index contributed by atoms with van der Waals surface area (Å²) in [5.74, 6) is 0.528. The number of hydrogen-bond donors (Lipinski definition) is 1. The van der Waals surface area contributed by atoms with Crippen molar-refractivity contribution in [2.24, 2.45) is 5.92 Å². The van der Waals surface area contributed by atoms with Gasteiger partial charge in [-0.1, -0.05) is 13.8 Å². The first-order valence-corrected chi connectivity index (χ1v) is 5.37. The number of thiophene rings is 1.